The van der Waals surface area contributed by atoms with Crippen LogP contribution in [-0.4, -0.2) is 24.0 Å². The van der Waals surface area contributed by atoms with Crippen molar-refractivity contribution in [2.45, 2.75) is 45.3 Å². The Morgan fingerprint density at radius 3 is 2.89 bits per heavy atom. The lowest BCUT2D eigenvalue weighted by Gasteiger charge is -2.24. The number of hydrogen-bond acceptors (Lipinski definition) is 3. The first-order valence-corrected chi connectivity index (χ1v) is 7.80. The molecule has 0 atom stereocenters. The van der Waals surface area contributed by atoms with Gasteiger partial charge in [0.1, 0.15) is 0 Å². The number of nitrogens with zero attached hydrogens (tertiary/aromatic N) is 1. The van der Waals surface area contributed by atoms with E-state index in [0.717, 1.165) is 25.7 Å². The van der Waals surface area contributed by atoms with Crippen LogP contribution in [0.2, 0.25) is 0 Å². The average molecular weight is 262 g/mol. The van der Waals surface area contributed by atoms with E-state index in [9.17, 15) is 0 Å². The SMILES string of the molecule is CC1=CCN(Cc2ccc(CNC3CC3)s2)CC1. The van der Waals surface area contributed by atoms with Crippen molar-refractivity contribution in [1.82, 2.24) is 10.2 Å². The lowest BCUT2D eigenvalue weighted by molar-refractivity contribution is 0.288. The van der Waals surface area contributed by atoms with E-state index in [1.165, 1.54) is 35.6 Å². The molecule has 3 rings (SSSR count). The van der Waals surface area contributed by atoms with Crippen LogP contribution in [0.4, 0.5) is 0 Å². The number of rotatable bonds is 5. The second-order valence-corrected chi connectivity index (χ2v) is 6.81. The summed E-state index contributed by atoms with van der Waals surface area (Å²) in [5.41, 5.74) is 1.55. The third kappa shape index (κ3) is 3.44. The molecule has 1 N–H and O–H groups in total. The zero-order valence-electron chi connectivity index (χ0n) is 11.1. The standard InChI is InChI=1S/C15H22N2S/c1-12-6-8-17(9-7-12)11-15-5-4-14(18-15)10-16-13-2-3-13/h4-6,13,16H,2-3,7-11H2,1H3. The summed E-state index contributed by atoms with van der Waals surface area (Å²) in [4.78, 5) is 5.54. The van der Waals surface area contributed by atoms with Crippen molar-refractivity contribution < 1.29 is 0 Å². The lowest BCUT2D eigenvalue weighted by atomic mass is 10.1. The van der Waals surface area contributed by atoms with Gasteiger partial charge in [0.2, 0.25) is 0 Å². The molecular formula is C15H22N2S. The fourth-order valence-corrected chi connectivity index (χ4v) is 3.32. The van der Waals surface area contributed by atoms with Crippen LogP contribution in [0.25, 0.3) is 0 Å². The quantitative estimate of drug-likeness (QED) is 0.820. The van der Waals surface area contributed by atoms with Gasteiger partial charge in [-0.25, -0.2) is 0 Å². The Kier molecular flexibility index (Phi) is 3.83. The molecule has 18 heavy (non-hydrogen) atoms. The minimum absolute atomic E-state index is 0.811. The molecule has 3 heteroatoms. The smallest absolute Gasteiger partial charge is 0.0331 e. The van der Waals surface area contributed by atoms with Crippen LogP contribution < -0.4 is 5.32 Å². The minimum atomic E-state index is 0.811. The van der Waals surface area contributed by atoms with Gasteiger partial charge in [0.15, 0.2) is 0 Å². The number of thiophene rings is 1. The highest BCUT2D eigenvalue weighted by Gasteiger charge is 2.20. The van der Waals surface area contributed by atoms with Gasteiger partial charge in [0.05, 0.1) is 0 Å². The molecule has 1 aromatic heterocycles. The van der Waals surface area contributed by atoms with Crippen LogP contribution in [-0.2, 0) is 13.1 Å². The Morgan fingerprint density at radius 1 is 1.33 bits per heavy atom. The summed E-state index contributed by atoms with van der Waals surface area (Å²) in [6, 6.07) is 5.41. The van der Waals surface area contributed by atoms with Crippen LogP contribution in [0.1, 0.15) is 35.9 Å². The summed E-state index contributed by atoms with van der Waals surface area (Å²) in [7, 11) is 0. The summed E-state index contributed by atoms with van der Waals surface area (Å²) < 4.78 is 0. The average Bonchev–Trinajstić information content (AvgIpc) is 3.10. The van der Waals surface area contributed by atoms with Crippen molar-refractivity contribution in [3.8, 4) is 0 Å². The minimum Gasteiger partial charge on any atom is -0.309 e. The van der Waals surface area contributed by atoms with Crippen molar-refractivity contribution in [3.05, 3.63) is 33.5 Å². The molecule has 1 saturated carbocycles. The predicted octanol–water partition coefficient (Wildman–Crippen LogP) is 3.15. The van der Waals surface area contributed by atoms with Gasteiger partial charge < -0.3 is 5.32 Å². The van der Waals surface area contributed by atoms with E-state index in [1.807, 2.05) is 11.3 Å². The van der Waals surface area contributed by atoms with E-state index in [0.29, 0.717) is 0 Å². The molecular weight excluding hydrogens is 240 g/mol. The van der Waals surface area contributed by atoms with Gasteiger partial charge in [0.25, 0.3) is 0 Å². The number of nitrogens with one attached hydrogen (secondary N) is 1. The first-order chi connectivity index (χ1) is 8.79. The van der Waals surface area contributed by atoms with E-state index < -0.39 is 0 Å². The normalized spacial score (nSPS) is 21.1. The predicted molar refractivity (Wildman–Crippen MR) is 77.8 cm³/mol. The maximum atomic E-state index is 3.58. The topological polar surface area (TPSA) is 15.3 Å². The first kappa shape index (κ1) is 12.4. The first-order valence-electron chi connectivity index (χ1n) is 6.98. The summed E-state index contributed by atoms with van der Waals surface area (Å²) in [6.07, 6.45) is 6.35. The van der Waals surface area contributed by atoms with E-state index in [1.54, 1.807) is 5.57 Å². The fourth-order valence-electron chi connectivity index (χ4n) is 2.31. The maximum Gasteiger partial charge on any atom is 0.0331 e. The van der Waals surface area contributed by atoms with Gasteiger partial charge in [-0.2, -0.15) is 0 Å². The Bertz CT molecular complexity index is 431. The monoisotopic (exact) mass is 262 g/mol. The van der Waals surface area contributed by atoms with Crippen molar-refractivity contribution in [2.24, 2.45) is 0 Å². The molecule has 0 amide bonds. The van der Waals surface area contributed by atoms with E-state index in [2.05, 4.69) is 35.3 Å². The van der Waals surface area contributed by atoms with Crippen LogP contribution >= 0.6 is 11.3 Å². The van der Waals surface area contributed by atoms with Gasteiger partial charge >= 0.3 is 0 Å². The Morgan fingerprint density at radius 2 is 2.17 bits per heavy atom. The molecule has 1 fully saturated rings. The third-order valence-electron chi connectivity index (χ3n) is 3.76. The summed E-state index contributed by atoms with van der Waals surface area (Å²) in [5.74, 6) is 0. The third-order valence-corrected chi connectivity index (χ3v) is 4.83. The Balaban J connectivity index is 1.49. The molecule has 1 aliphatic heterocycles. The van der Waals surface area contributed by atoms with Gasteiger partial charge in [-0.05, 0) is 38.3 Å². The van der Waals surface area contributed by atoms with E-state index >= 15 is 0 Å². The molecule has 2 aliphatic rings. The highest BCUT2D eigenvalue weighted by atomic mass is 32.1. The van der Waals surface area contributed by atoms with Crippen molar-refractivity contribution in [1.29, 1.82) is 0 Å². The van der Waals surface area contributed by atoms with E-state index in [4.69, 9.17) is 0 Å². The highest BCUT2D eigenvalue weighted by Crippen LogP contribution is 2.23. The van der Waals surface area contributed by atoms with Crippen LogP contribution in [0.15, 0.2) is 23.8 Å². The van der Waals surface area contributed by atoms with E-state index in [-0.39, 0.29) is 0 Å². The molecule has 1 aromatic rings. The Hall–Kier alpha value is -0.640. The van der Waals surface area contributed by atoms with Crippen LogP contribution in [0.3, 0.4) is 0 Å². The molecule has 0 aromatic carbocycles. The maximum absolute atomic E-state index is 3.58. The molecule has 98 valence electrons. The molecule has 0 bridgehead atoms. The van der Waals surface area contributed by atoms with Crippen molar-refractivity contribution in [3.63, 3.8) is 0 Å². The van der Waals surface area contributed by atoms with Gasteiger partial charge in [-0.15, -0.1) is 11.3 Å². The summed E-state index contributed by atoms with van der Waals surface area (Å²) in [6.45, 7) is 6.77. The van der Waals surface area contributed by atoms with Gasteiger partial charge in [0, 0.05) is 42.0 Å². The lowest BCUT2D eigenvalue weighted by Crippen LogP contribution is -2.27. The zero-order valence-corrected chi connectivity index (χ0v) is 11.9. The van der Waals surface area contributed by atoms with Gasteiger partial charge in [-0.3, -0.25) is 4.90 Å². The second-order valence-electron chi connectivity index (χ2n) is 5.56. The molecule has 2 nitrogen and oxygen atoms in total. The van der Waals surface area contributed by atoms with Crippen molar-refractivity contribution >= 4 is 11.3 Å². The largest absolute Gasteiger partial charge is 0.309 e. The Labute approximate surface area is 114 Å². The zero-order chi connectivity index (χ0) is 12.4. The van der Waals surface area contributed by atoms with Gasteiger partial charge in [-0.1, -0.05) is 11.6 Å². The molecule has 0 unspecified atom stereocenters. The van der Waals surface area contributed by atoms with Crippen LogP contribution in [0.5, 0.6) is 0 Å². The molecule has 2 heterocycles. The molecule has 0 saturated heterocycles. The highest BCUT2D eigenvalue weighted by molar-refractivity contribution is 7.11. The molecule has 0 radical (unpaired) electrons. The molecule has 0 spiro atoms. The van der Waals surface area contributed by atoms with Crippen molar-refractivity contribution in [2.75, 3.05) is 13.1 Å². The number of hydrogen-bond donors (Lipinski definition) is 1. The van der Waals surface area contributed by atoms with Crippen LogP contribution in [0, 0.1) is 0 Å². The fraction of sp³-hybridized carbons (Fsp3) is 0.600. The molecule has 1 aliphatic carbocycles. The summed E-state index contributed by atoms with van der Waals surface area (Å²) in [5, 5.41) is 3.58. The second kappa shape index (κ2) is 5.55. The summed E-state index contributed by atoms with van der Waals surface area (Å²) >= 11 is 1.97.